The molecule has 0 spiro atoms. The second kappa shape index (κ2) is 5.43. The topological polar surface area (TPSA) is 40.7 Å². The molecule has 2 aromatic rings. The molecule has 0 radical (unpaired) electrons. The SMILES string of the molecule is Clc1ccc(CCc2cc(C3CCCN3)n[nH]2)s1. The standard InChI is InChI=1S/C13H16ClN3S/c14-13-6-5-10(18-13)4-3-9-8-12(17-16-9)11-2-1-7-15-11/h5-6,8,11,15H,1-4,7H2,(H,16,17). The third kappa shape index (κ3) is 2.76. The zero-order chi connectivity index (χ0) is 12.4. The van der Waals surface area contributed by atoms with Gasteiger partial charge in [-0.2, -0.15) is 5.10 Å². The lowest BCUT2D eigenvalue weighted by molar-refractivity contribution is 0.625. The lowest BCUT2D eigenvalue weighted by Gasteiger charge is -2.04. The summed E-state index contributed by atoms with van der Waals surface area (Å²) in [4.78, 5) is 1.33. The average molecular weight is 282 g/mol. The molecule has 1 atom stereocenters. The van der Waals surface area contributed by atoms with Gasteiger partial charge in [0, 0.05) is 10.6 Å². The molecule has 1 aliphatic rings. The molecule has 18 heavy (non-hydrogen) atoms. The second-order valence-corrected chi connectivity index (χ2v) is 6.47. The van der Waals surface area contributed by atoms with Crippen LogP contribution < -0.4 is 5.32 Å². The van der Waals surface area contributed by atoms with E-state index in [9.17, 15) is 0 Å². The Labute approximate surface area is 116 Å². The van der Waals surface area contributed by atoms with E-state index in [-0.39, 0.29) is 0 Å². The van der Waals surface area contributed by atoms with E-state index in [1.165, 1.54) is 23.4 Å². The van der Waals surface area contributed by atoms with E-state index in [0.717, 1.165) is 29.4 Å². The summed E-state index contributed by atoms with van der Waals surface area (Å²) in [6.45, 7) is 1.11. The molecule has 1 aliphatic heterocycles. The fraction of sp³-hybridized carbons (Fsp3) is 0.462. The van der Waals surface area contributed by atoms with Gasteiger partial charge in [0.05, 0.1) is 16.1 Å². The quantitative estimate of drug-likeness (QED) is 0.902. The number of aromatic nitrogens is 2. The van der Waals surface area contributed by atoms with Crippen LogP contribution in [0.4, 0.5) is 0 Å². The number of nitrogens with one attached hydrogen (secondary N) is 2. The number of thiophene rings is 1. The minimum Gasteiger partial charge on any atom is -0.309 e. The molecular formula is C13H16ClN3S. The summed E-state index contributed by atoms with van der Waals surface area (Å²) in [6, 6.07) is 6.70. The molecule has 0 bridgehead atoms. The molecule has 3 nitrogen and oxygen atoms in total. The smallest absolute Gasteiger partial charge is 0.0931 e. The normalized spacial score (nSPS) is 19.5. The third-order valence-corrected chi connectivity index (χ3v) is 4.63. The Morgan fingerprint density at radius 3 is 3.06 bits per heavy atom. The fourth-order valence-corrected chi connectivity index (χ4v) is 3.45. The van der Waals surface area contributed by atoms with Crippen LogP contribution in [0.3, 0.4) is 0 Å². The van der Waals surface area contributed by atoms with Crippen molar-refractivity contribution in [2.24, 2.45) is 0 Å². The first-order valence-corrected chi connectivity index (χ1v) is 7.52. The van der Waals surface area contributed by atoms with Gasteiger partial charge >= 0.3 is 0 Å². The Morgan fingerprint density at radius 2 is 2.33 bits per heavy atom. The van der Waals surface area contributed by atoms with Crippen molar-refractivity contribution in [3.8, 4) is 0 Å². The Hall–Kier alpha value is -0.840. The van der Waals surface area contributed by atoms with Crippen molar-refractivity contribution < 1.29 is 0 Å². The molecule has 1 saturated heterocycles. The van der Waals surface area contributed by atoms with Crippen molar-refractivity contribution in [1.82, 2.24) is 15.5 Å². The van der Waals surface area contributed by atoms with Crippen molar-refractivity contribution in [3.63, 3.8) is 0 Å². The zero-order valence-corrected chi connectivity index (χ0v) is 11.7. The molecule has 0 aromatic carbocycles. The van der Waals surface area contributed by atoms with Gasteiger partial charge in [-0.25, -0.2) is 0 Å². The van der Waals surface area contributed by atoms with Gasteiger partial charge in [-0.3, -0.25) is 5.10 Å². The molecule has 1 fully saturated rings. The van der Waals surface area contributed by atoms with Crippen LogP contribution in [0.15, 0.2) is 18.2 Å². The van der Waals surface area contributed by atoms with Gasteiger partial charge < -0.3 is 5.32 Å². The summed E-state index contributed by atoms with van der Waals surface area (Å²) in [5.74, 6) is 0. The Kier molecular flexibility index (Phi) is 3.68. The Bertz CT molecular complexity index is 514. The van der Waals surface area contributed by atoms with E-state index in [2.05, 4.69) is 27.6 Å². The molecule has 3 rings (SSSR count). The maximum Gasteiger partial charge on any atom is 0.0931 e. The van der Waals surface area contributed by atoms with Crippen molar-refractivity contribution in [3.05, 3.63) is 38.8 Å². The van der Waals surface area contributed by atoms with Crippen LogP contribution in [0.5, 0.6) is 0 Å². The minimum absolute atomic E-state index is 0.450. The maximum atomic E-state index is 5.92. The number of hydrogen-bond donors (Lipinski definition) is 2. The van der Waals surface area contributed by atoms with Crippen LogP contribution in [-0.2, 0) is 12.8 Å². The number of rotatable bonds is 4. The van der Waals surface area contributed by atoms with Crippen LogP contribution in [0.25, 0.3) is 0 Å². The highest BCUT2D eigenvalue weighted by atomic mass is 35.5. The molecule has 2 aromatic heterocycles. The molecule has 0 saturated carbocycles. The summed E-state index contributed by atoms with van der Waals surface area (Å²) < 4.78 is 0.866. The first kappa shape index (κ1) is 12.2. The van der Waals surface area contributed by atoms with Crippen LogP contribution in [-0.4, -0.2) is 16.7 Å². The first-order chi connectivity index (χ1) is 8.81. The number of aryl methyl sites for hydroxylation is 2. The summed E-state index contributed by atoms with van der Waals surface area (Å²) in [7, 11) is 0. The van der Waals surface area contributed by atoms with Crippen molar-refractivity contribution >= 4 is 22.9 Å². The van der Waals surface area contributed by atoms with Crippen LogP contribution in [0, 0.1) is 0 Å². The van der Waals surface area contributed by atoms with E-state index in [0.29, 0.717) is 6.04 Å². The Balaban J connectivity index is 1.59. The van der Waals surface area contributed by atoms with E-state index in [4.69, 9.17) is 11.6 Å². The number of aromatic amines is 1. The van der Waals surface area contributed by atoms with Gasteiger partial charge in [-0.1, -0.05) is 11.6 Å². The molecule has 1 unspecified atom stereocenters. The lowest BCUT2D eigenvalue weighted by Crippen LogP contribution is -2.12. The van der Waals surface area contributed by atoms with E-state index in [1.807, 2.05) is 6.07 Å². The molecule has 3 heterocycles. The van der Waals surface area contributed by atoms with Crippen molar-refractivity contribution in [2.45, 2.75) is 31.7 Å². The molecule has 96 valence electrons. The molecular weight excluding hydrogens is 266 g/mol. The summed E-state index contributed by atoms with van der Waals surface area (Å²) in [5.41, 5.74) is 2.37. The average Bonchev–Trinajstić information content (AvgIpc) is 3.07. The highest BCUT2D eigenvalue weighted by Gasteiger charge is 2.18. The summed E-state index contributed by atoms with van der Waals surface area (Å²) >= 11 is 7.58. The number of hydrogen-bond acceptors (Lipinski definition) is 3. The van der Waals surface area contributed by atoms with Crippen molar-refractivity contribution in [2.75, 3.05) is 6.54 Å². The largest absolute Gasteiger partial charge is 0.309 e. The molecule has 0 aliphatic carbocycles. The summed E-state index contributed by atoms with van der Waals surface area (Å²) in [6.07, 6.45) is 4.47. The molecule has 5 heteroatoms. The zero-order valence-electron chi connectivity index (χ0n) is 10.1. The monoisotopic (exact) mass is 281 g/mol. The highest BCUT2D eigenvalue weighted by Crippen LogP contribution is 2.24. The van der Waals surface area contributed by atoms with E-state index >= 15 is 0 Å². The minimum atomic E-state index is 0.450. The molecule has 0 amide bonds. The van der Waals surface area contributed by atoms with Gasteiger partial charge in [-0.15, -0.1) is 11.3 Å². The highest BCUT2D eigenvalue weighted by molar-refractivity contribution is 7.16. The van der Waals surface area contributed by atoms with Crippen LogP contribution >= 0.6 is 22.9 Å². The third-order valence-electron chi connectivity index (χ3n) is 3.34. The lowest BCUT2D eigenvalue weighted by atomic mass is 10.1. The predicted octanol–water partition coefficient (Wildman–Crippen LogP) is 3.33. The second-order valence-electron chi connectivity index (χ2n) is 4.67. The maximum absolute atomic E-state index is 5.92. The van der Waals surface area contributed by atoms with Gasteiger partial charge in [-0.05, 0) is 50.4 Å². The van der Waals surface area contributed by atoms with Gasteiger partial charge in [0.15, 0.2) is 0 Å². The summed E-state index contributed by atoms with van der Waals surface area (Å²) in [5, 5.41) is 11.0. The van der Waals surface area contributed by atoms with E-state index < -0.39 is 0 Å². The number of halogens is 1. The Morgan fingerprint density at radius 1 is 1.39 bits per heavy atom. The van der Waals surface area contributed by atoms with Crippen molar-refractivity contribution in [1.29, 1.82) is 0 Å². The first-order valence-electron chi connectivity index (χ1n) is 6.33. The molecule has 2 N–H and O–H groups in total. The van der Waals surface area contributed by atoms with Crippen LogP contribution in [0.2, 0.25) is 4.34 Å². The van der Waals surface area contributed by atoms with Crippen LogP contribution in [0.1, 0.15) is 35.1 Å². The van der Waals surface area contributed by atoms with Gasteiger partial charge in [0.25, 0.3) is 0 Å². The van der Waals surface area contributed by atoms with E-state index in [1.54, 1.807) is 11.3 Å². The van der Waals surface area contributed by atoms with Gasteiger partial charge in [0.2, 0.25) is 0 Å². The number of H-pyrrole nitrogens is 1. The fourth-order valence-electron chi connectivity index (χ4n) is 2.37. The van der Waals surface area contributed by atoms with Gasteiger partial charge in [0.1, 0.15) is 0 Å². The predicted molar refractivity (Wildman–Crippen MR) is 75.3 cm³/mol. The number of nitrogens with zero attached hydrogens (tertiary/aromatic N) is 1.